The van der Waals surface area contributed by atoms with E-state index in [0.29, 0.717) is 12.3 Å². The first-order chi connectivity index (χ1) is 4.89. The van der Waals surface area contributed by atoms with Crippen LogP contribution in [0, 0.1) is 0 Å². The van der Waals surface area contributed by atoms with Crippen LogP contribution in [0.25, 0.3) is 0 Å². The highest BCUT2D eigenvalue weighted by Crippen LogP contribution is 2.11. The van der Waals surface area contributed by atoms with Crippen molar-refractivity contribution in [3.05, 3.63) is 0 Å². The molecule has 0 bridgehead atoms. The van der Waals surface area contributed by atoms with Gasteiger partial charge in [-0.05, 0) is 20.8 Å². The third kappa shape index (κ3) is 3.61. The van der Waals surface area contributed by atoms with Crippen LogP contribution < -0.4 is 0 Å². The summed E-state index contributed by atoms with van der Waals surface area (Å²) in [6.07, 6.45) is 0.426. The summed E-state index contributed by atoms with van der Waals surface area (Å²) in [7, 11) is 1.80. The van der Waals surface area contributed by atoms with Gasteiger partial charge in [0.1, 0.15) is 0 Å². The van der Waals surface area contributed by atoms with Crippen molar-refractivity contribution in [2.75, 3.05) is 12.9 Å². The lowest BCUT2D eigenvalue weighted by Crippen LogP contribution is -2.42. The van der Waals surface area contributed by atoms with Crippen LogP contribution >= 0.6 is 11.6 Å². The van der Waals surface area contributed by atoms with E-state index in [0.717, 1.165) is 0 Å². The Labute approximate surface area is 73.5 Å². The molecule has 0 spiro atoms. The molecule has 0 saturated heterocycles. The van der Waals surface area contributed by atoms with Crippen LogP contribution in [0.5, 0.6) is 0 Å². The van der Waals surface area contributed by atoms with E-state index in [9.17, 15) is 4.79 Å². The fraction of sp³-hybridized carbons (Fsp3) is 0.875. The molecule has 2 nitrogen and oxygen atoms in total. The molecule has 0 aromatic carbocycles. The van der Waals surface area contributed by atoms with E-state index in [2.05, 4.69) is 0 Å². The molecule has 11 heavy (non-hydrogen) atoms. The van der Waals surface area contributed by atoms with Gasteiger partial charge in [-0.1, -0.05) is 0 Å². The number of hydrogen-bond acceptors (Lipinski definition) is 1. The number of nitrogens with zero attached hydrogens (tertiary/aromatic N) is 1. The van der Waals surface area contributed by atoms with Gasteiger partial charge < -0.3 is 4.90 Å². The van der Waals surface area contributed by atoms with Crippen LogP contribution in [0.2, 0.25) is 0 Å². The van der Waals surface area contributed by atoms with Crippen molar-refractivity contribution in [1.82, 2.24) is 4.90 Å². The summed E-state index contributed by atoms with van der Waals surface area (Å²) in [6.45, 7) is 6.00. The highest BCUT2D eigenvalue weighted by Gasteiger charge is 2.20. The minimum Gasteiger partial charge on any atom is -0.341 e. The summed E-state index contributed by atoms with van der Waals surface area (Å²) in [5.74, 6) is 0.506. The summed E-state index contributed by atoms with van der Waals surface area (Å²) >= 11 is 5.44. The Morgan fingerprint density at radius 2 is 1.91 bits per heavy atom. The molecule has 3 heteroatoms. The molecule has 0 N–H and O–H groups in total. The molecular weight excluding hydrogens is 162 g/mol. The van der Waals surface area contributed by atoms with Gasteiger partial charge in [0.25, 0.3) is 0 Å². The first kappa shape index (κ1) is 10.8. The zero-order valence-corrected chi connectivity index (χ0v) is 8.40. The standard InChI is InChI=1S/C8H16ClNO/c1-8(2,3)10(4)7(11)5-6-9/h5-6H2,1-4H3. The Morgan fingerprint density at radius 1 is 1.45 bits per heavy atom. The van der Waals surface area contributed by atoms with Crippen molar-refractivity contribution >= 4 is 17.5 Å². The van der Waals surface area contributed by atoms with Crippen molar-refractivity contribution < 1.29 is 4.79 Å². The van der Waals surface area contributed by atoms with E-state index < -0.39 is 0 Å². The monoisotopic (exact) mass is 177 g/mol. The van der Waals surface area contributed by atoms with Gasteiger partial charge in [0, 0.05) is 24.9 Å². The molecule has 0 aromatic rings. The predicted octanol–water partition coefficient (Wildman–Crippen LogP) is 1.87. The van der Waals surface area contributed by atoms with Crippen LogP contribution in [0.15, 0.2) is 0 Å². The molecule has 0 fully saturated rings. The lowest BCUT2D eigenvalue weighted by Gasteiger charge is -2.31. The van der Waals surface area contributed by atoms with Gasteiger partial charge in [0.05, 0.1) is 0 Å². The SMILES string of the molecule is CN(C(=O)CCCl)C(C)(C)C. The highest BCUT2D eigenvalue weighted by atomic mass is 35.5. The molecule has 0 aliphatic rings. The summed E-state index contributed by atoms with van der Waals surface area (Å²) < 4.78 is 0. The Hall–Kier alpha value is -0.240. The van der Waals surface area contributed by atoms with Gasteiger partial charge >= 0.3 is 0 Å². The van der Waals surface area contributed by atoms with E-state index >= 15 is 0 Å². The van der Waals surface area contributed by atoms with E-state index in [1.165, 1.54) is 0 Å². The molecule has 0 unspecified atom stereocenters. The maximum atomic E-state index is 11.2. The predicted molar refractivity (Wildman–Crippen MR) is 47.9 cm³/mol. The van der Waals surface area contributed by atoms with E-state index in [1.54, 1.807) is 11.9 Å². The van der Waals surface area contributed by atoms with Crippen molar-refractivity contribution in [2.24, 2.45) is 0 Å². The van der Waals surface area contributed by atoms with E-state index in [-0.39, 0.29) is 11.4 Å². The summed E-state index contributed by atoms with van der Waals surface area (Å²) in [5, 5.41) is 0. The second-order valence-corrected chi connectivity index (χ2v) is 3.94. The normalized spacial score (nSPS) is 11.4. The van der Waals surface area contributed by atoms with Crippen LogP contribution in [0.3, 0.4) is 0 Å². The number of carbonyl (C=O) groups is 1. The molecule has 1 amide bonds. The fourth-order valence-corrected chi connectivity index (χ4v) is 0.784. The largest absolute Gasteiger partial charge is 0.341 e. The lowest BCUT2D eigenvalue weighted by atomic mass is 10.1. The number of amides is 1. The molecule has 0 atom stereocenters. The molecule has 0 aliphatic heterocycles. The zero-order chi connectivity index (χ0) is 9.07. The third-order valence-electron chi connectivity index (χ3n) is 1.69. The van der Waals surface area contributed by atoms with Crippen molar-refractivity contribution in [1.29, 1.82) is 0 Å². The first-order valence-electron chi connectivity index (χ1n) is 3.72. The Morgan fingerprint density at radius 3 is 2.18 bits per heavy atom. The number of alkyl halides is 1. The lowest BCUT2D eigenvalue weighted by molar-refractivity contribution is -0.133. The van der Waals surface area contributed by atoms with E-state index in [4.69, 9.17) is 11.6 Å². The second kappa shape index (κ2) is 3.96. The maximum Gasteiger partial charge on any atom is 0.223 e. The maximum absolute atomic E-state index is 11.2. The van der Waals surface area contributed by atoms with Gasteiger partial charge in [-0.2, -0.15) is 0 Å². The van der Waals surface area contributed by atoms with Crippen molar-refractivity contribution in [2.45, 2.75) is 32.7 Å². The molecule has 66 valence electrons. The van der Waals surface area contributed by atoms with Gasteiger partial charge in [-0.3, -0.25) is 4.79 Å². The van der Waals surface area contributed by atoms with Crippen LogP contribution in [-0.2, 0) is 4.79 Å². The minimum atomic E-state index is -0.0941. The number of carbonyl (C=O) groups excluding carboxylic acids is 1. The molecule has 0 radical (unpaired) electrons. The topological polar surface area (TPSA) is 20.3 Å². The quantitative estimate of drug-likeness (QED) is 0.590. The van der Waals surface area contributed by atoms with E-state index in [1.807, 2.05) is 20.8 Å². The average Bonchev–Trinajstić information content (AvgIpc) is 1.85. The molecule has 0 saturated carbocycles. The third-order valence-corrected chi connectivity index (χ3v) is 1.88. The summed E-state index contributed by atoms with van der Waals surface area (Å²) in [5.41, 5.74) is -0.0941. The first-order valence-corrected chi connectivity index (χ1v) is 4.25. The average molecular weight is 178 g/mol. The number of hydrogen-bond donors (Lipinski definition) is 0. The van der Waals surface area contributed by atoms with Gasteiger partial charge in [-0.15, -0.1) is 11.6 Å². The van der Waals surface area contributed by atoms with Gasteiger partial charge in [0.2, 0.25) is 5.91 Å². The summed E-state index contributed by atoms with van der Waals surface area (Å²) in [4.78, 5) is 12.9. The van der Waals surface area contributed by atoms with Crippen LogP contribution in [0.4, 0.5) is 0 Å². The zero-order valence-electron chi connectivity index (χ0n) is 7.65. The molecule has 0 rings (SSSR count). The van der Waals surface area contributed by atoms with Gasteiger partial charge in [0.15, 0.2) is 0 Å². The molecular formula is C8H16ClNO. The fourth-order valence-electron chi connectivity index (χ4n) is 0.623. The van der Waals surface area contributed by atoms with Crippen LogP contribution in [0.1, 0.15) is 27.2 Å². The van der Waals surface area contributed by atoms with Crippen molar-refractivity contribution in [3.8, 4) is 0 Å². The number of rotatable bonds is 2. The van der Waals surface area contributed by atoms with Crippen molar-refractivity contribution in [3.63, 3.8) is 0 Å². The molecule has 0 aromatic heterocycles. The Bertz CT molecular complexity index is 140. The Kier molecular flexibility index (Phi) is 3.87. The van der Waals surface area contributed by atoms with Crippen LogP contribution in [-0.4, -0.2) is 29.3 Å². The second-order valence-electron chi connectivity index (χ2n) is 3.56. The van der Waals surface area contributed by atoms with Gasteiger partial charge in [-0.25, -0.2) is 0 Å². The molecule has 0 heterocycles. The smallest absolute Gasteiger partial charge is 0.223 e. The Balaban J connectivity index is 4.03. The highest BCUT2D eigenvalue weighted by molar-refractivity contribution is 6.18. The number of halogens is 1. The summed E-state index contributed by atoms with van der Waals surface area (Å²) in [6, 6.07) is 0. The minimum absolute atomic E-state index is 0.0941. The molecule has 0 aliphatic carbocycles.